The van der Waals surface area contributed by atoms with Crippen LogP contribution in [0.1, 0.15) is 16.2 Å². The van der Waals surface area contributed by atoms with Crippen molar-refractivity contribution < 1.29 is 4.79 Å². The molecule has 114 valence electrons. The lowest BCUT2D eigenvalue weighted by atomic mass is 10.1. The fourth-order valence-electron chi connectivity index (χ4n) is 2.69. The van der Waals surface area contributed by atoms with Crippen LogP contribution >= 0.6 is 0 Å². The lowest BCUT2D eigenvalue weighted by molar-refractivity contribution is 0.0658. The Bertz CT molecular complexity index is 664. The first-order valence-corrected chi connectivity index (χ1v) is 7.51. The lowest BCUT2D eigenvalue weighted by Crippen LogP contribution is -2.47. The van der Waals surface area contributed by atoms with Crippen molar-refractivity contribution in [2.24, 2.45) is 0 Å². The SMILES string of the molecule is Cc1nc(C(=O)N2CCN(C)CC2)ccc1-c1ccncc1. The molecule has 1 aliphatic rings. The molecule has 2 aromatic rings. The average molecular weight is 296 g/mol. The summed E-state index contributed by atoms with van der Waals surface area (Å²) >= 11 is 0. The second kappa shape index (κ2) is 6.23. The maximum Gasteiger partial charge on any atom is 0.272 e. The molecule has 0 spiro atoms. The highest BCUT2D eigenvalue weighted by molar-refractivity contribution is 5.93. The molecule has 0 aromatic carbocycles. The summed E-state index contributed by atoms with van der Waals surface area (Å²) < 4.78 is 0. The molecule has 22 heavy (non-hydrogen) atoms. The first kappa shape index (κ1) is 14.7. The van der Waals surface area contributed by atoms with Gasteiger partial charge in [0.05, 0.1) is 0 Å². The van der Waals surface area contributed by atoms with Gasteiger partial charge in [0.1, 0.15) is 5.69 Å². The number of likely N-dealkylation sites (N-methyl/N-ethyl adjacent to an activating group) is 1. The van der Waals surface area contributed by atoms with E-state index in [-0.39, 0.29) is 5.91 Å². The number of aromatic nitrogens is 2. The molecule has 0 bridgehead atoms. The molecule has 1 fully saturated rings. The van der Waals surface area contributed by atoms with E-state index in [4.69, 9.17) is 0 Å². The number of pyridine rings is 2. The quantitative estimate of drug-likeness (QED) is 0.848. The number of piperazine rings is 1. The zero-order chi connectivity index (χ0) is 15.5. The number of carbonyl (C=O) groups excluding carboxylic acids is 1. The Kier molecular flexibility index (Phi) is 4.15. The number of hydrogen-bond donors (Lipinski definition) is 0. The van der Waals surface area contributed by atoms with Gasteiger partial charge in [-0.05, 0) is 37.7 Å². The highest BCUT2D eigenvalue weighted by Crippen LogP contribution is 2.22. The van der Waals surface area contributed by atoms with Gasteiger partial charge in [-0.3, -0.25) is 9.78 Å². The number of carbonyl (C=O) groups is 1. The van der Waals surface area contributed by atoms with E-state index in [9.17, 15) is 4.79 Å². The summed E-state index contributed by atoms with van der Waals surface area (Å²) in [6, 6.07) is 7.70. The summed E-state index contributed by atoms with van der Waals surface area (Å²) in [6.45, 7) is 5.31. The number of rotatable bonds is 2. The molecule has 0 atom stereocenters. The third-order valence-corrected chi connectivity index (χ3v) is 4.09. The van der Waals surface area contributed by atoms with Crippen LogP contribution in [0.15, 0.2) is 36.7 Å². The zero-order valence-corrected chi connectivity index (χ0v) is 13.0. The normalized spacial score (nSPS) is 15.8. The third-order valence-electron chi connectivity index (χ3n) is 4.09. The lowest BCUT2D eigenvalue weighted by Gasteiger charge is -2.32. The number of aryl methyl sites for hydroxylation is 1. The van der Waals surface area contributed by atoms with E-state index in [0.717, 1.165) is 43.0 Å². The highest BCUT2D eigenvalue weighted by atomic mass is 16.2. The van der Waals surface area contributed by atoms with Crippen molar-refractivity contribution in [3.05, 3.63) is 48.0 Å². The summed E-state index contributed by atoms with van der Waals surface area (Å²) in [6.07, 6.45) is 3.52. The number of amides is 1. The van der Waals surface area contributed by atoms with Crippen molar-refractivity contribution in [3.8, 4) is 11.1 Å². The first-order valence-electron chi connectivity index (χ1n) is 7.51. The molecule has 0 aliphatic carbocycles. The minimum Gasteiger partial charge on any atom is -0.335 e. The zero-order valence-electron chi connectivity index (χ0n) is 13.0. The molecule has 3 rings (SSSR count). The van der Waals surface area contributed by atoms with E-state index in [0.29, 0.717) is 5.69 Å². The van der Waals surface area contributed by atoms with Crippen molar-refractivity contribution >= 4 is 5.91 Å². The van der Waals surface area contributed by atoms with Gasteiger partial charge in [0, 0.05) is 49.8 Å². The second-order valence-electron chi connectivity index (χ2n) is 5.66. The number of nitrogens with zero attached hydrogens (tertiary/aromatic N) is 4. The summed E-state index contributed by atoms with van der Waals surface area (Å²) in [5.74, 6) is 0.0254. The Morgan fingerprint density at radius 1 is 1.05 bits per heavy atom. The predicted octanol–water partition coefficient (Wildman–Crippen LogP) is 1.84. The Labute approximate surface area is 130 Å². The standard InChI is InChI=1S/C17H20N4O/c1-13-15(14-5-7-18-8-6-14)3-4-16(19-13)17(22)21-11-9-20(2)10-12-21/h3-8H,9-12H2,1-2H3. The van der Waals surface area contributed by atoms with Gasteiger partial charge in [-0.25, -0.2) is 4.98 Å². The minimum atomic E-state index is 0.0254. The largest absolute Gasteiger partial charge is 0.335 e. The van der Waals surface area contributed by atoms with Crippen LogP contribution in [0.5, 0.6) is 0 Å². The highest BCUT2D eigenvalue weighted by Gasteiger charge is 2.21. The maximum absolute atomic E-state index is 12.5. The topological polar surface area (TPSA) is 49.3 Å². The summed E-state index contributed by atoms with van der Waals surface area (Å²) in [5, 5.41) is 0. The van der Waals surface area contributed by atoms with Gasteiger partial charge in [0.25, 0.3) is 5.91 Å². The average Bonchev–Trinajstić information content (AvgIpc) is 2.55. The van der Waals surface area contributed by atoms with E-state index < -0.39 is 0 Å². The van der Waals surface area contributed by atoms with Crippen molar-refractivity contribution in [2.75, 3.05) is 33.2 Å². The predicted molar refractivity (Wildman–Crippen MR) is 85.6 cm³/mol. The molecule has 1 amide bonds. The second-order valence-corrected chi connectivity index (χ2v) is 5.66. The fraction of sp³-hybridized carbons (Fsp3) is 0.353. The van der Waals surface area contributed by atoms with Gasteiger partial charge in [-0.1, -0.05) is 6.07 Å². The Balaban J connectivity index is 1.81. The molecule has 1 aliphatic heterocycles. The summed E-state index contributed by atoms with van der Waals surface area (Å²) in [4.78, 5) is 25.2. The van der Waals surface area contributed by atoms with Gasteiger partial charge in [0.15, 0.2) is 0 Å². The van der Waals surface area contributed by atoms with Crippen LogP contribution in [0.2, 0.25) is 0 Å². The van der Waals surface area contributed by atoms with E-state index in [1.807, 2.05) is 36.1 Å². The first-order chi connectivity index (χ1) is 10.6. The molecule has 1 saturated heterocycles. The van der Waals surface area contributed by atoms with Crippen LogP contribution < -0.4 is 0 Å². The van der Waals surface area contributed by atoms with E-state index in [1.54, 1.807) is 12.4 Å². The van der Waals surface area contributed by atoms with Crippen molar-refractivity contribution in [3.63, 3.8) is 0 Å². The number of hydrogen-bond acceptors (Lipinski definition) is 4. The van der Waals surface area contributed by atoms with Gasteiger partial charge >= 0.3 is 0 Å². The van der Waals surface area contributed by atoms with Crippen LogP contribution in [0.3, 0.4) is 0 Å². The minimum absolute atomic E-state index is 0.0254. The molecular weight excluding hydrogens is 276 g/mol. The van der Waals surface area contributed by atoms with Crippen molar-refractivity contribution in [2.45, 2.75) is 6.92 Å². The molecule has 0 unspecified atom stereocenters. The molecule has 3 heterocycles. The monoisotopic (exact) mass is 296 g/mol. The molecule has 0 saturated carbocycles. The van der Waals surface area contributed by atoms with E-state index in [1.165, 1.54) is 0 Å². The van der Waals surface area contributed by atoms with Crippen LogP contribution in [0, 0.1) is 6.92 Å². The Hall–Kier alpha value is -2.27. The van der Waals surface area contributed by atoms with Gasteiger partial charge < -0.3 is 9.80 Å². The Morgan fingerprint density at radius 2 is 1.73 bits per heavy atom. The molecule has 5 heteroatoms. The molecule has 0 radical (unpaired) electrons. The Morgan fingerprint density at radius 3 is 2.36 bits per heavy atom. The van der Waals surface area contributed by atoms with Gasteiger partial charge in [-0.2, -0.15) is 0 Å². The van der Waals surface area contributed by atoms with Crippen LogP contribution in [0.4, 0.5) is 0 Å². The molecule has 5 nitrogen and oxygen atoms in total. The summed E-state index contributed by atoms with van der Waals surface area (Å²) in [5.41, 5.74) is 3.50. The van der Waals surface area contributed by atoms with Crippen LogP contribution in [-0.4, -0.2) is 58.9 Å². The van der Waals surface area contributed by atoms with Gasteiger partial charge in [0.2, 0.25) is 0 Å². The van der Waals surface area contributed by atoms with E-state index in [2.05, 4.69) is 21.9 Å². The molecule has 0 N–H and O–H groups in total. The van der Waals surface area contributed by atoms with Crippen molar-refractivity contribution in [1.29, 1.82) is 0 Å². The van der Waals surface area contributed by atoms with Crippen LogP contribution in [0.25, 0.3) is 11.1 Å². The maximum atomic E-state index is 12.5. The van der Waals surface area contributed by atoms with E-state index >= 15 is 0 Å². The fourth-order valence-corrected chi connectivity index (χ4v) is 2.69. The summed E-state index contributed by atoms with van der Waals surface area (Å²) in [7, 11) is 2.08. The smallest absolute Gasteiger partial charge is 0.272 e. The molecule has 2 aromatic heterocycles. The van der Waals surface area contributed by atoms with Crippen LogP contribution in [-0.2, 0) is 0 Å². The van der Waals surface area contributed by atoms with Crippen molar-refractivity contribution in [1.82, 2.24) is 19.8 Å². The third kappa shape index (κ3) is 2.99. The molecular formula is C17H20N4O. The van der Waals surface area contributed by atoms with Gasteiger partial charge in [-0.15, -0.1) is 0 Å².